The van der Waals surface area contributed by atoms with Crippen molar-refractivity contribution in [2.75, 3.05) is 0 Å². The van der Waals surface area contributed by atoms with E-state index in [-0.39, 0.29) is 17.8 Å². The second-order valence-corrected chi connectivity index (χ2v) is 2.93. The van der Waals surface area contributed by atoms with Crippen molar-refractivity contribution >= 4 is 0 Å². The van der Waals surface area contributed by atoms with E-state index in [1.54, 1.807) is 0 Å². The number of aromatic nitrogens is 2. The minimum absolute atomic E-state index is 0.0185. The highest BCUT2D eigenvalue weighted by atomic mass is 19.2. The lowest BCUT2D eigenvalue weighted by atomic mass is 10.1. The van der Waals surface area contributed by atoms with Crippen molar-refractivity contribution in [2.45, 2.75) is 6.42 Å². The monoisotopic (exact) mass is 212 g/mol. The minimum atomic E-state index is -0.943. The summed E-state index contributed by atoms with van der Waals surface area (Å²) in [5, 5.41) is 3.35. The van der Waals surface area contributed by atoms with Gasteiger partial charge in [0, 0.05) is 6.42 Å². The van der Waals surface area contributed by atoms with Gasteiger partial charge >= 0.3 is 5.76 Å². The molecule has 15 heavy (non-hydrogen) atoms. The van der Waals surface area contributed by atoms with E-state index in [9.17, 15) is 13.6 Å². The van der Waals surface area contributed by atoms with E-state index < -0.39 is 17.4 Å². The van der Waals surface area contributed by atoms with Crippen molar-refractivity contribution in [3.63, 3.8) is 0 Å². The summed E-state index contributed by atoms with van der Waals surface area (Å²) in [6, 6.07) is 3.81. The van der Waals surface area contributed by atoms with E-state index in [1.165, 1.54) is 12.1 Å². The molecule has 1 aromatic heterocycles. The van der Waals surface area contributed by atoms with Gasteiger partial charge in [0.15, 0.2) is 17.5 Å². The Labute approximate surface area is 82.5 Å². The normalized spacial score (nSPS) is 10.5. The Bertz CT molecular complexity index is 533. The highest BCUT2D eigenvalue weighted by Gasteiger charge is 2.10. The smallest absolute Gasteiger partial charge is 0.296 e. The van der Waals surface area contributed by atoms with E-state index in [4.69, 9.17) is 0 Å². The van der Waals surface area contributed by atoms with Gasteiger partial charge in [-0.1, -0.05) is 17.3 Å². The Hall–Kier alpha value is -1.98. The summed E-state index contributed by atoms with van der Waals surface area (Å²) in [6.45, 7) is 0. The summed E-state index contributed by atoms with van der Waals surface area (Å²) in [5.41, 5.74) is 0.111. The molecule has 0 aliphatic heterocycles. The van der Waals surface area contributed by atoms with Crippen LogP contribution in [0.15, 0.2) is 27.5 Å². The number of hydrogen-bond donors (Lipinski definition) is 1. The van der Waals surface area contributed by atoms with Gasteiger partial charge in [0.05, 0.1) is 0 Å². The molecule has 2 aromatic rings. The maximum atomic E-state index is 13.2. The van der Waals surface area contributed by atoms with Gasteiger partial charge in [0.1, 0.15) is 0 Å². The first kappa shape index (κ1) is 9.57. The van der Waals surface area contributed by atoms with Crippen LogP contribution in [0.2, 0.25) is 0 Å². The van der Waals surface area contributed by atoms with Crippen molar-refractivity contribution in [2.24, 2.45) is 0 Å². The lowest BCUT2D eigenvalue weighted by molar-refractivity contribution is 0.381. The molecule has 1 heterocycles. The van der Waals surface area contributed by atoms with E-state index in [1.807, 2.05) is 0 Å². The largest absolute Gasteiger partial charge is 0.438 e. The van der Waals surface area contributed by atoms with Crippen LogP contribution in [0.25, 0.3) is 0 Å². The summed E-state index contributed by atoms with van der Waals surface area (Å²) in [7, 11) is 0. The van der Waals surface area contributed by atoms with Crippen LogP contribution in [0.3, 0.4) is 0 Å². The maximum Gasteiger partial charge on any atom is 0.438 e. The number of hydrogen-bond acceptors (Lipinski definition) is 3. The zero-order chi connectivity index (χ0) is 10.8. The lowest BCUT2D eigenvalue weighted by Crippen LogP contribution is -2.00. The van der Waals surface area contributed by atoms with Crippen LogP contribution in [-0.2, 0) is 6.42 Å². The van der Waals surface area contributed by atoms with Gasteiger partial charge in [-0.25, -0.2) is 13.6 Å². The molecule has 0 bridgehead atoms. The maximum absolute atomic E-state index is 13.2. The van der Waals surface area contributed by atoms with Crippen LogP contribution in [0.1, 0.15) is 11.4 Å². The molecule has 0 saturated heterocycles. The molecule has 0 aliphatic rings. The minimum Gasteiger partial charge on any atom is -0.296 e. The fraction of sp³-hybridized carbons (Fsp3) is 0.111. The van der Waals surface area contributed by atoms with Gasteiger partial charge in [-0.05, 0) is 11.6 Å². The summed E-state index contributed by atoms with van der Waals surface area (Å²) < 4.78 is 30.2. The topological polar surface area (TPSA) is 58.9 Å². The summed E-state index contributed by atoms with van der Waals surface area (Å²) in [5.74, 6) is -2.44. The predicted octanol–water partition coefficient (Wildman–Crippen LogP) is 1.23. The van der Waals surface area contributed by atoms with Gasteiger partial charge in [-0.3, -0.25) is 9.51 Å². The molecule has 0 aliphatic carbocycles. The van der Waals surface area contributed by atoms with Gasteiger partial charge in [0.25, 0.3) is 0 Å². The van der Waals surface area contributed by atoms with E-state index in [0.717, 1.165) is 6.07 Å². The summed E-state index contributed by atoms with van der Waals surface area (Å²) in [4.78, 5) is 12.8. The summed E-state index contributed by atoms with van der Waals surface area (Å²) >= 11 is 0. The first-order chi connectivity index (χ1) is 7.16. The fourth-order valence-corrected chi connectivity index (χ4v) is 1.20. The Morgan fingerprint density at radius 1 is 1.40 bits per heavy atom. The van der Waals surface area contributed by atoms with Crippen molar-refractivity contribution in [3.05, 3.63) is 51.8 Å². The molecule has 0 atom stereocenters. The second kappa shape index (κ2) is 3.64. The Morgan fingerprint density at radius 3 is 2.87 bits per heavy atom. The molecular formula is C9H6F2N2O2. The zero-order valence-electron chi connectivity index (χ0n) is 7.46. The quantitative estimate of drug-likeness (QED) is 0.814. The van der Waals surface area contributed by atoms with Crippen molar-refractivity contribution in [1.82, 2.24) is 10.1 Å². The van der Waals surface area contributed by atoms with E-state index >= 15 is 0 Å². The molecule has 78 valence electrons. The molecule has 0 spiro atoms. The van der Waals surface area contributed by atoms with Gasteiger partial charge < -0.3 is 0 Å². The predicted molar refractivity (Wildman–Crippen MR) is 46.3 cm³/mol. The number of halogens is 2. The van der Waals surface area contributed by atoms with E-state index in [2.05, 4.69) is 14.7 Å². The van der Waals surface area contributed by atoms with Crippen LogP contribution in [0.5, 0.6) is 0 Å². The number of rotatable bonds is 2. The number of nitrogens with zero attached hydrogens (tertiary/aromatic N) is 1. The number of nitrogens with one attached hydrogen (secondary N) is 1. The molecule has 4 nitrogen and oxygen atoms in total. The Kier molecular flexibility index (Phi) is 2.32. The first-order valence-corrected chi connectivity index (χ1v) is 4.14. The van der Waals surface area contributed by atoms with Crippen molar-refractivity contribution in [1.29, 1.82) is 0 Å². The van der Waals surface area contributed by atoms with Crippen LogP contribution in [0, 0.1) is 11.6 Å². The van der Waals surface area contributed by atoms with Crippen molar-refractivity contribution < 1.29 is 13.3 Å². The average molecular weight is 212 g/mol. The van der Waals surface area contributed by atoms with Crippen LogP contribution in [-0.4, -0.2) is 10.1 Å². The average Bonchev–Trinajstić information content (AvgIpc) is 2.59. The molecule has 0 unspecified atom stereocenters. The molecule has 0 radical (unpaired) electrons. The standard InChI is InChI=1S/C9H6F2N2O2/c10-6-3-1-2-5(8(6)11)4-7-12-9(14)15-13-7/h1-3H,4H2,(H,12,13,14). The molecule has 0 amide bonds. The number of benzene rings is 1. The van der Waals surface area contributed by atoms with Gasteiger partial charge in [-0.15, -0.1) is 0 Å². The van der Waals surface area contributed by atoms with Crippen LogP contribution < -0.4 is 5.76 Å². The second-order valence-electron chi connectivity index (χ2n) is 2.93. The molecule has 2 rings (SSSR count). The van der Waals surface area contributed by atoms with Gasteiger partial charge in [0.2, 0.25) is 0 Å². The molecule has 6 heteroatoms. The molecule has 0 fully saturated rings. The van der Waals surface area contributed by atoms with Crippen LogP contribution in [0.4, 0.5) is 8.78 Å². The van der Waals surface area contributed by atoms with Crippen LogP contribution >= 0.6 is 0 Å². The highest BCUT2D eigenvalue weighted by molar-refractivity contribution is 5.21. The molecular weight excluding hydrogens is 206 g/mol. The Balaban J connectivity index is 2.32. The summed E-state index contributed by atoms with van der Waals surface area (Å²) in [6.07, 6.45) is -0.0185. The molecule has 1 N–H and O–H groups in total. The lowest BCUT2D eigenvalue weighted by Gasteiger charge is -1.99. The third-order valence-electron chi connectivity index (χ3n) is 1.87. The van der Waals surface area contributed by atoms with Gasteiger partial charge in [-0.2, -0.15) is 0 Å². The fourth-order valence-electron chi connectivity index (χ4n) is 1.20. The first-order valence-electron chi connectivity index (χ1n) is 4.14. The highest BCUT2D eigenvalue weighted by Crippen LogP contribution is 2.13. The molecule has 0 saturated carbocycles. The Morgan fingerprint density at radius 2 is 2.20 bits per heavy atom. The zero-order valence-corrected chi connectivity index (χ0v) is 7.46. The SMILES string of the molecule is O=c1[nH]c(Cc2cccc(F)c2F)no1. The molecule has 1 aromatic carbocycles. The number of H-pyrrole nitrogens is 1. The van der Waals surface area contributed by atoms with Crippen molar-refractivity contribution in [3.8, 4) is 0 Å². The third kappa shape index (κ3) is 1.93. The third-order valence-corrected chi connectivity index (χ3v) is 1.87. The van der Waals surface area contributed by atoms with E-state index in [0.29, 0.717) is 0 Å². The number of aromatic amines is 1.